The van der Waals surface area contributed by atoms with Gasteiger partial charge in [0.15, 0.2) is 5.76 Å². The molecule has 0 bridgehead atoms. The average molecular weight is 469 g/mol. The van der Waals surface area contributed by atoms with Gasteiger partial charge in [0, 0.05) is 37.1 Å². The number of hydrogen-bond donors (Lipinski definition) is 0. The molecule has 0 spiro atoms. The van der Waals surface area contributed by atoms with Crippen molar-refractivity contribution in [3.8, 4) is 0 Å². The quantitative estimate of drug-likeness (QED) is 0.506. The molecule has 4 rings (SSSR count). The second kappa shape index (κ2) is 9.31. The summed E-state index contributed by atoms with van der Waals surface area (Å²) in [5.74, 6) is 0.726. The lowest BCUT2D eigenvalue weighted by atomic mass is 9.94. The van der Waals surface area contributed by atoms with Crippen LogP contribution in [0.15, 0.2) is 57.8 Å². The summed E-state index contributed by atoms with van der Waals surface area (Å²) in [6.07, 6.45) is 1.04. The summed E-state index contributed by atoms with van der Waals surface area (Å²) in [6.45, 7) is 10.0. The van der Waals surface area contributed by atoms with Crippen LogP contribution >= 0.6 is 0 Å². The number of benzene rings is 2. The molecule has 0 N–H and O–H groups in total. The van der Waals surface area contributed by atoms with Crippen LogP contribution in [-0.2, 0) is 16.6 Å². The van der Waals surface area contributed by atoms with E-state index in [2.05, 4.69) is 13.8 Å². The highest BCUT2D eigenvalue weighted by molar-refractivity contribution is 7.89. The summed E-state index contributed by atoms with van der Waals surface area (Å²) < 4.78 is 34.2. The first kappa shape index (κ1) is 23.5. The number of rotatable bonds is 6. The largest absolute Gasteiger partial charge is 0.451 e. The lowest BCUT2D eigenvalue weighted by Crippen LogP contribution is -2.42. The van der Waals surface area contributed by atoms with Gasteiger partial charge in [-0.25, -0.2) is 8.42 Å². The summed E-state index contributed by atoms with van der Waals surface area (Å²) in [5, 5.41) is 0.660. The lowest BCUT2D eigenvalue weighted by Gasteiger charge is -2.34. The number of amides is 1. The van der Waals surface area contributed by atoms with Crippen LogP contribution in [0.3, 0.4) is 0 Å². The van der Waals surface area contributed by atoms with Gasteiger partial charge in [-0.1, -0.05) is 44.2 Å². The van der Waals surface area contributed by atoms with Crippen molar-refractivity contribution in [2.24, 2.45) is 11.8 Å². The molecule has 2 heterocycles. The van der Waals surface area contributed by atoms with Gasteiger partial charge in [-0.05, 0) is 55.9 Å². The molecule has 2 atom stereocenters. The van der Waals surface area contributed by atoms with E-state index < -0.39 is 10.0 Å². The number of aryl methyl sites for hydroxylation is 1. The number of carbonyl (C=O) groups excluding carboxylic acids is 1. The fourth-order valence-electron chi connectivity index (χ4n) is 4.79. The maximum Gasteiger partial charge on any atom is 0.290 e. The number of hydrogen-bond acceptors (Lipinski definition) is 4. The van der Waals surface area contributed by atoms with Crippen molar-refractivity contribution in [2.45, 2.75) is 45.6 Å². The highest BCUT2D eigenvalue weighted by Gasteiger charge is 2.32. The minimum atomic E-state index is -3.61. The van der Waals surface area contributed by atoms with E-state index in [0.717, 1.165) is 12.0 Å². The predicted octanol–water partition coefficient (Wildman–Crippen LogP) is 5.07. The molecule has 1 aliphatic rings. The minimum Gasteiger partial charge on any atom is -0.451 e. The first-order chi connectivity index (χ1) is 15.7. The summed E-state index contributed by atoms with van der Waals surface area (Å²) in [6, 6.07) is 14.7. The Morgan fingerprint density at radius 2 is 1.76 bits per heavy atom. The van der Waals surface area contributed by atoms with Gasteiger partial charge in [-0.3, -0.25) is 4.79 Å². The van der Waals surface area contributed by atoms with Gasteiger partial charge in [0.05, 0.1) is 4.90 Å². The highest BCUT2D eigenvalue weighted by atomic mass is 32.2. The molecule has 1 aromatic heterocycles. The van der Waals surface area contributed by atoms with Crippen molar-refractivity contribution in [2.75, 3.05) is 19.6 Å². The lowest BCUT2D eigenvalue weighted by molar-refractivity contribution is 0.0722. The van der Waals surface area contributed by atoms with Crippen LogP contribution in [0, 0.1) is 18.8 Å². The number of fused-ring (bicyclic) bond motifs is 1. The van der Waals surface area contributed by atoms with Gasteiger partial charge in [-0.2, -0.15) is 4.31 Å². The molecule has 1 fully saturated rings. The van der Waals surface area contributed by atoms with E-state index in [4.69, 9.17) is 4.42 Å². The molecule has 176 valence electrons. The smallest absolute Gasteiger partial charge is 0.290 e. The van der Waals surface area contributed by atoms with E-state index >= 15 is 0 Å². The van der Waals surface area contributed by atoms with E-state index in [1.165, 1.54) is 0 Å². The van der Waals surface area contributed by atoms with Crippen LogP contribution in [0.5, 0.6) is 0 Å². The Kier molecular flexibility index (Phi) is 6.64. The molecule has 0 unspecified atom stereocenters. The number of furan rings is 1. The summed E-state index contributed by atoms with van der Waals surface area (Å²) >= 11 is 0. The second-order valence-corrected chi connectivity index (χ2v) is 11.2. The first-order valence-electron chi connectivity index (χ1n) is 11.6. The molecule has 0 saturated carbocycles. The van der Waals surface area contributed by atoms with Crippen LogP contribution in [0.1, 0.15) is 48.9 Å². The molecular weight excluding hydrogens is 436 g/mol. The third kappa shape index (κ3) is 4.70. The van der Waals surface area contributed by atoms with Gasteiger partial charge in [-0.15, -0.1) is 0 Å². The van der Waals surface area contributed by atoms with Crippen molar-refractivity contribution >= 4 is 26.9 Å². The van der Waals surface area contributed by atoms with Crippen molar-refractivity contribution in [1.82, 2.24) is 9.21 Å². The Balaban J connectivity index is 1.65. The fraction of sp³-hybridized carbons (Fsp3) is 0.423. The molecule has 1 aliphatic heterocycles. The third-order valence-electron chi connectivity index (χ3n) is 6.46. The van der Waals surface area contributed by atoms with Crippen molar-refractivity contribution in [3.05, 3.63) is 65.4 Å². The van der Waals surface area contributed by atoms with Gasteiger partial charge < -0.3 is 9.32 Å². The molecule has 7 heteroatoms. The Labute approximate surface area is 196 Å². The van der Waals surface area contributed by atoms with Crippen molar-refractivity contribution in [3.63, 3.8) is 0 Å². The Morgan fingerprint density at radius 1 is 1.09 bits per heavy atom. The van der Waals surface area contributed by atoms with Crippen LogP contribution in [0.4, 0.5) is 0 Å². The van der Waals surface area contributed by atoms with E-state index in [9.17, 15) is 13.2 Å². The first-order valence-corrected chi connectivity index (χ1v) is 13.0. The Hall–Kier alpha value is -2.64. The standard InChI is InChI=1S/C26H32N2O4S/c1-5-27(17-21-9-7-6-8-10-21)26(29)25-20(4)23-14-22(11-12-24(23)32-25)33(30,31)28-15-18(2)13-19(3)16-28/h6-12,14,18-19H,5,13,15-17H2,1-4H3/t18-,19-/m1/s1. The van der Waals surface area contributed by atoms with E-state index in [1.54, 1.807) is 27.4 Å². The molecule has 33 heavy (non-hydrogen) atoms. The number of nitrogens with zero attached hydrogens (tertiary/aromatic N) is 2. The zero-order valence-electron chi connectivity index (χ0n) is 19.7. The molecule has 0 radical (unpaired) electrons. The van der Waals surface area contributed by atoms with Gasteiger partial charge in [0.1, 0.15) is 5.58 Å². The number of carbonyl (C=O) groups is 1. The summed E-state index contributed by atoms with van der Waals surface area (Å²) in [4.78, 5) is 15.3. The zero-order valence-corrected chi connectivity index (χ0v) is 20.6. The van der Waals surface area contributed by atoms with Crippen LogP contribution in [0.25, 0.3) is 11.0 Å². The Morgan fingerprint density at radius 3 is 2.39 bits per heavy atom. The molecule has 2 aromatic carbocycles. The molecule has 6 nitrogen and oxygen atoms in total. The fourth-order valence-corrected chi connectivity index (χ4v) is 6.50. The molecule has 1 saturated heterocycles. The van der Waals surface area contributed by atoms with E-state index in [0.29, 0.717) is 54.5 Å². The predicted molar refractivity (Wildman–Crippen MR) is 130 cm³/mol. The van der Waals surface area contributed by atoms with Crippen molar-refractivity contribution in [1.29, 1.82) is 0 Å². The molecular formula is C26H32N2O4S. The molecule has 0 aliphatic carbocycles. The maximum absolute atomic E-state index is 13.4. The van der Waals surface area contributed by atoms with Gasteiger partial charge in [0.25, 0.3) is 5.91 Å². The summed E-state index contributed by atoms with van der Waals surface area (Å²) in [7, 11) is -3.61. The normalized spacial score (nSPS) is 19.6. The third-order valence-corrected chi connectivity index (χ3v) is 8.29. The molecule has 3 aromatic rings. The minimum absolute atomic E-state index is 0.196. The second-order valence-electron chi connectivity index (χ2n) is 9.29. The van der Waals surface area contributed by atoms with Crippen LogP contribution < -0.4 is 0 Å². The molecule has 1 amide bonds. The number of piperidine rings is 1. The Bertz CT molecular complexity index is 1240. The highest BCUT2D eigenvalue weighted by Crippen LogP contribution is 2.32. The van der Waals surface area contributed by atoms with Crippen LogP contribution in [-0.4, -0.2) is 43.2 Å². The van der Waals surface area contributed by atoms with Crippen LogP contribution in [0.2, 0.25) is 0 Å². The monoisotopic (exact) mass is 468 g/mol. The van der Waals surface area contributed by atoms with Gasteiger partial charge >= 0.3 is 0 Å². The average Bonchev–Trinajstić information content (AvgIpc) is 3.13. The van der Waals surface area contributed by atoms with E-state index in [-0.39, 0.29) is 16.6 Å². The van der Waals surface area contributed by atoms with E-state index in [1.807, 2.05) is 44.2 Å². The number of sulfonamides is 1. The maximum atomic E-state index is 13.4. The van der Waals surface area contributed by atoms with Gasteiger partial charge in [0.2, 0.25) is 10.0 Å². The SMILES string of the molecule is CCN(Cc1ccccc1)C(=O)c1oc2ccc(S(=O)(=O)N3C[C@H](C)C[C@@H](C)C3)cc2c1C. The van der Waals surface area contributed by atoms with Crippen molar-refractivity contribution < 1.29 is 17.6 Å². The topological polar surface area (TPSA) is 70.8 Å². The summed E-state index contributed by atoms with van der Waals surface area (Å²) in [5.41, 5.74) is 2.23. The zero-order chi connectivity index (χ0) is 23.8.